The summed E-state index contributed by atoms with van der Waals surface area (Å²) in [4.78, 5) is 2.25. The van der Waals surface area contributed by atoms with E-state index in [1.54, 1.807) is 0 Å². The number of likely N-dealkylation sites (N-methyl/N-ethyl adjacent to an activating group) is 1. The molecule has 114 valence electrons. The van der Waals surface area contributed by atoms with Gasteiger partial charge in [0.1, 0.15) is 0 Å². The third kappa shape index (κ3) is 3.32. The molecule has 2 rings (SSSR count). The first-order chi connectivity index (χ1) is 9.56. The molecular weight excluding hydrogens is 278 g/mol. The van der Waals surface area contributed by atoms with Crippen molar-refractivity contribution in [2.24, 2.45) is 12.9 Å². The van der Waals surface area contributed by atoms with Gasteiger partial charge in [0.25, 0.3) is 0 Å². The van der Waals surface area contributed by atoms with Crippen molar-refractivity contribution in [2.45, 2.75) is 31.9 Å². The predicted octanol–water partition coefficient (Wildman–Crippen LogP) is 0.341. The second-order valence-electron chi connectivity index (χ2n) is 5.33. The zero-order valence-corrected chi connectivity index (χ0v) is 13.2. The second-order valence-corrected chi connectivity index (χ2v) is 5.71. The van der Waals surface area contributed by atoms with E-state index < -0.39 is 0 Å². The molecule has 1 aliphatic rings. The number of aryl methyl sites for hydroxylation is 2. The molecule has 0 amide bonds. The van der Waals surface area contributed by atoms with Crippen molar-refractivity contribution in [3.8, 4) is 0 Å². The van der Waals surface area contributed by atoms with Crippen LogP contribution in [0.5, 0.6) is 0 Å². The Kier molecular flexibility index (Phi) is 5.40. The summed E-state index contributed by atoms with van der Waals surface area (Å²) in [7, 11) is 4.01. The number of nitrogens with one attached hydrogen (secondary N) is 1. The average molecular weight is 302 g/mol. The minimum Gasteiger partial charge on any atom is -0.374 e. The Morgan fingerprint density at radius 2 is 2.30 bits per heavy atom. The van der Waals surface area contributed by atoms with Crippen LogP contribution in [0.25, 0.3) is 0 Å². The van der Waals surface area contributed by atoms with Gasteiger partial charge >= 0.3 is 0 Å². The second kappa shape index (κ2) is 6.87. The van der Waals surface area contributed by atoms with E-state index >= 15 is 0 Å². The van der Waals surface area contributed by atoms with Crippen molar-refractivity contribution >= 4 is 11.6 Å². The molecule has 2 heterocycles. The number of hydrogen-bond acceptors (Lipinski definition) is 5. The molecule has 1 saturated heterocycles. The maximum absolute atomic E-state index is 6.40. The SMILES string of the molecule is CCc1nn(C)c(CC(NN)C2CN(C)CCO2)c1Cl. The van der Waals surface area contributed by atoms with Crippen molar-refractivity contribution < 1.29 is 4.74 Å². The standard InChI is InChI=1S/C13H24ClN5O/c1-4-9-13(14)11(19(3)17-9)7-10(16-15)12-8-18(2)5-6-20-12/h10,12,16H,4-8,15H2,1-3H3. The first-order valence-electron chi connectivity index (χ1n) is 7.03. The number of hydrogen-bond donors (Lipinski definition) is 2. The number of ether oxygens (including phenoxy) is 1. The lowest BCUT2D eigenvalue weighted by molar-refractivity contribution is -0.0387. The number of nitrogens with two attached hydrogens (primary N) is 1. The zero-order chi connectivity index (χ0) is 14.7. The number of rotatable bonds is 5. The number of morpholine rings is 1. The third-order valence-electron chi connectivity index (χ3n) is 3.88. The van der Waals surface area contributed by atoms with Crippen molar-refractivity contribution in [1.82, 2.24) is 20.1 Å². The quantitative estimate of drug-likeness (QED) is 0.606. The minimum atomic E-state index is 0.0235. The van der Waals surface area contributed by atoms with Gasteiger partial charge in [-0.3, -0.25) is 16.0 Å². The van der Waals surface area contributed by atoms with Crippen LogP contribution in [-0.2, 0) is 24.6 Å². The van der Waals surface area contributed by atoms with Crippen LogP contribution >= 0.6 is 11.6 Å². The highest BCUT2D eigenvalue weighted by Gasteiger charge is 2.28. The maximum Gasteiger partial charge on any atom is 0.0872 e. The number of hydrazine groups is 1. The Morgan fingerprint density at radius 1 is 1.55 bits per heavy atom. The summed E-state index contributed by atoms with van der Waals surface area (Å²) in [5.74, 6) is 5.72. The minimum absolute atomic E-state index is 0.0235. The summed E-state index contributed by atoms with van der Waals surface area (Å²) >= 11 is 6.40. The highest BCUT2D eigenvalue weighted by Crippen LogP contribution is 2.23. The van der Waals surface area contributed by atoms with Crippen LogP contribution in [0.15, 0.2) is 0 Å². The molecule has 0 spiro atoms. The molecule has 20 heavy (non-hydrogen) atoms. The van der Waals surface area contributed by atoms with Crippen molar-refractivity contribution in [3.05, 3.63) is 16.4 Å². The largest absolute Gasteiger partial charge is 0.374 e. The first kappa shape index (κ1) is 15.7. The summed E-state index contributed by atoms with van der Waals surface area (Å²) < 4.78 is 7.67. The summed E-state index contributed by atoms with van der Waals surface area (Å²) in [6.07, 6.45) is 1.60. The number of aromatic nitrogens is 2. The van der Waals surface area contributed by atoms with Gasteiger partial charge in [-0.2, -0.15) is 5.10 Å². The van der Waals surface area contributed by atoms with E-state index in [0.29, 0.717) is 6.42 Å². The summed E-state index contributed by atoms with van der Waals surface area (Å²) in [6.45, 7) is 4.61. The van der Waals surface area contributed by atoms with Gasteiger partial charge in [-0.05, 0) is 13.5 Å². The van der Waals surface area contributed by atoms with E-state index in [4.69, 9.17) is 22.2 Å². The molecule has 0 radical (unpaired) electrons. The Balaban J connectivity index is 2.11. The van der Waals surface area contributed by atoms with Gasteiger partial charge in [-0.25, -0.2) is 0 Å². The van der Waals surface area contributed by atoms with Gasteiger partial charge in [0.15, 0.2) is 0 Å². The highest BCUT2D eigenvalue weighted by molar-refractivity contribution is 6.31. The smallest absolute Gasteiger partial charge is 0.0872 e. The molecule has 0 aliphatic carbocycles. The first-order valence-corrected chi connectivity index (χ1v) is 7.41. The van der Waals surface area contributed by atoms with Crippen LogP contribution in [0.3, 0.4) is 0 Å². The van der Waals surface area contributed by atoms with Crippen LogP contribution in [0.2, 0.25) is 5.02 Å². The van der Waals surface area contributed by atoms with E-state index in [-0.39, 0.29) is 12.1 Å². The van der Waals surface area contributed by atoms with E-state index in [1.807, 2.05) is 11.7 Å². The normalized spacial score (nSPS) is 22.1. The monoisotopic (exact) mass is 301 g/mol. The third-order valence-corrected chi connectivity index (χ3v) is 4.31. The van der Waals surface area contributed by atoms with E-state index in [2.05, 4.69) is 29.4 Å². The number of nitrogens with zero attached hydrogens (tertiary/aromatic N) is 3. The molecule has 1 aromatic rings. The van der Waals surface area contributed by atoms with E-state index in [1.165, 1.54) is 0 Å². The van der Waals surface area contributed by atoms with Gasteiger partial charge in [0.2, 0.25) is 0 Å². The van der Waals surface area contributed by atoms with Gasteiger partial charge in [0.05, 0.1) is 35.2 Å². The lowest BCUT2D eigenvalue weighted by Crippen LogP contribution is -2.54. The zero-order valence-electron chi connectivity index (χ0n) is 12.4. The molecule has 1 aliphatic heterocycles. The molecule has 3 N–H and O–H groups in total. The fourth-order valence-electron chi connectivity index (χ4n) is 2.60. The van der Waals surface area contributed by atoms with Crippen LogP contribution in [0, 0.1) is 0 Å². The molecule has 1 aromatic heterocycles. The van der Waals surface area contributed by atoms with Crippen molar-refractivity contribution in [2.75, 3.05) is 26.7 Å². The predicted molar refractivity (Wildman–Crippen MR) is 79.6 cm³/mol. The average Bonchev–Trinajstić information content (AvgIpc) is 2.71. The van der Waals surface area contributed by atoms with Gasteiger partial charge in [-0.1, -0.05) is 18.5 Å². The van der Waals surface area contributed by atoms with Gasteiger partial charge in [0, 0.05) is 26.6 Å². The lowest BCUT2D eigenvalue weighted by atomic mass is 10.0. The molecule has 6 nitrogen and oxygen atoms in total. The van der Waals surface area contributed by atoms with Crippen molar-refractivity contribution in [3.63, 3.8) is 0 Å². The van der Waals surface area contributed by atoms with E-state index in [9.17, 15) is 0 Å². The Hall–Kier alpha value is -0.660. The Bertz CT molecular complexity index is 450. The summed E-state index contributed by atoms with van der Waals surface area (Å²) in [5, 5.41) is 5.19. The number of halogens is 1. The molecule has 2 atom stereocenters. The fourth-order valence-corrected chi connectivity index (χ4v) is 2.97. The Labute approximate surface area is 125 Å². The fraction of sp³-hybridized carbons (Fsp3) is 0.769. The lowest BCUT2D eigenvalue weighted by Gasteiger charge is -2.34. The molecule has 2 unspecified atom stereocenters. The molecule has 1 fully saturated rings. The highest BCUT2D eigenvalue weighted by atomic mass is 35.5. The molecule has 0 bridgehead atoms. The molecular formula is C13H24ClN5O. The van der Waals surface area contributed by atoms with Gasteiger partial charge < -0.3 is 9.64 Å². The molecule has 7 heteroatoms. The van der Waals surface area contributed by atoms with Crippen LogP contribution in [0.4, 0.5) is 0 Å². The van der Waals surface area contributed by atoms with Gasteiger partial charge in [-0.15, -0.1) is 0 Å². The molecule has 0 saturated carbocycles. The summed E-state index contributed by atoms with van der Waals surface area (Å²) in [6, 6.07) is 0.0235. The van der Waals surface area contributed by atoms with Crippen LogP contribution in [-0.4, -0.2) is 53.6 Å². The van der Waals surface area contributed by atoms with Crippen molar-refractivity contribution in [1.29, 1.82) is 0 Å². The van der Waals surface area contributed by atoms with E-state index in [0.717, 1.165) is 42.5 Å². The maximum atomic E-state index is 6.40. The topological polar surface area (TPSA) is 68.3 Å². The van der Waals surface area contributed by atoms with Crippen LogP contribution in [0.1, 0.15) is 18.3 Å². The molecule has 0 aromatic carbocycles. The summed E-state index contributed by atoms with van der Waals surface area (Å²) in [5.41, 5.74) is 4.81. The van der Waals surface area contributed by atoms with Crippen LogP contribution < -0.4 is 11.3 Å². The Morgan fingerprint density at radius 3 is 2.85 bits per heavy atom.